The highest BCUT2D eigenvalue weighted by Gasteiger charge is 2.13. The van der Waals surface area contributed by atoms with Crippen molar-refractivity contribution in [3.8, 4) is 0 Å². The molecular formula is C25H26N2O3. The molecule has 0 unspecified atom stereocenters. The summed E-state index contributed by atoms with van der Waals surface area (Å²) in [5.41, 5.74) is 5.29. The highest BCUT2D eigenvalue weighted by molar-refractivity contribution is 5.95. The number of aromatic carboxylic acids is 1. The van der Waals surface area contributed by atoms with Crippen molar-refractivity contribution in [3.05, 3.63) is 89.5 Å². The first-order chi connectivity index (χ1) is 14.7. The average Bonchev–Trinajstić information content (AvgIpc) is 2.79. The summed E-state index contributed by atoms with van der Waals surface area (Å²) >= 11 is 0. The van der Waals surface area contributed by atoms with Crippen molar-refractivity contribution in [2.24, 2.45) is 0 Å². The maximum atomic E-state index is 11.7. The Labute approximate surface area is 176 Å². The molecule has 0 amide bonds. The van der Waals surface area contributed by atoms with Gasteiger partial charge in [0.05, 0.1) is 24.5 Å². The number of anilines is 3. The number of carbonyl (C=O) groups is 1. The van der Waals surface area contributed by atoms with Crippen LogP contribution in [-0.4, -0.2) is 37.4 Å². The van der Waals surface area contributed by atoms with Crippen LogP contribution in [0.3, 0.4) is 0 Å². The topological polar surface area (TPSA) is 61.8 Å². The van der Waals surface area contributed by atoms with Crippen LogP contribution in [0.2, 0.25) is 0 Å². The van der Waals surface area contributed by atoms with E-state index in [1.165, 1.54) is 5.56 Å². The van der Waals surface area contributed by atoms with E-state index in [0.29, 0.717) is 5.69 Å². The van der Waals surface area contributed by atoms with Gasteiger partial charge >= 0.3 is 5.97 Å². The van der Waals surface area contributed by atoms with Gasteiger partial charge in [0.2, 0.25) is 0 Å². The zero-order chi connectivity index (χ0) is 20.8. The van der Waals surface area contributed by atoms with Crippen LogP contribution in [0.15, 0.2) is 72.8 Å². The number of rotatable bonds is 7. The van der Waals surface area contributed by atoms with Gasteiger partial charge in [-0.25, -0.2) is 4.79 Å². The number of morpholine rings is 1. The van der Waals surface area contributed by atoms with Gasteiger partial charge in [-0.3, -0.25) is 0 Å². The molecule has 0 saturated carbocycles. The molecule has 1 heterocycles. The average molecular weight is 402 g/mol. The Hall–Kier alpha value is -3.31. The summed E-state index contributed by atoms with van der Waals surface area (Å²) in [5, 5.41) is 12.9. The van der Waals surface area contributed by atoms with Gasteiger partial charge in [-0.1, -0.05) is 36.4 Å². The number of nitrogens with one attached hydrogen (secondary N) is 1. The van der Waals surface area contributed by atoms with Crippen LogP contribution >= 0.6 is 0 Å². The third-order valence-electron chi connectivity index (χ3n) is 5.38. The number of nitrogens with zero attached hydrogens (tertiary/aromatic N) is 1. The molecule has 0 bridgehead atoms. The molecule has 0 radical (unpaired) electrons. The van der Waals surface area contributed by atoms with E-state index < -0.39 is 5.97 Å². The second-order valence-corrected chi connectivity index (χ2v) is 7.44. The molecule has 0 spiro atoms. The van der Waals surface area contributed by atoms with E-state index in [0.717, 1.165) is 56.1 Å². The highest BCUT2D eigenvalue weighted by atomic mass is 16.5. The van der Waals surface area contributed by atoms with Crippen molar-refractivity contribution in [1.29, 1.82) is 0 Å². The summed E-state index contributed by atoms with van der Waals surface area (Å²) in [6, 6.07) is 24.0. The van der Waals surface area contributed by atoms with E-state index >= 15 is 0 Å². The van der Waals surface area contributed by atoms with E-state index in [1.54, 1.807) is 6.07 Å². The van der Waals surface area contributed by atoms with Crippen molar-refractivity contribution in [1.82, 2.24) is 0 Å². The molecule has 3 aromatic rings. The molecule has 3 aromatic carbocycles. The summed E-state index contributed by atoms with van der Waals surface area (Å²) in [5.74, 6) is -0.933. The van der Waals surface area contributed by atoms with Crippen LogP contribution in [0, 0.1) is 0 Å². The molecule has 154 valence electrons. The number of hydrogen-bond acceptors (Lipinski definition) is 4. The van der Waals surface area contributed by atoms with Crippen LogP contribution in [0.1, 0.15) is 21.5 Å². The van der Waals surface area contributed by atoms with Gasteiger partial charge in [-0.2, -0.15) is 0 Å². The molecule has 5 heteroatoms. The normalized spacial score (nSPS) is 13.8. The number of benzene rings is 3. The Kier molecular flexibility index (Phi) is 6.30. The molecule has 4 rings (SSSR count). The van der Waals surface area contributed by atoms with Crippen LogP contribution < -0.4 is 10.2 Å². The molecule has 30 heavy (non-hydrogen) atoms. The van der Waals surface area contributed by atoms with Crippen LogP contribution in [0.4, 0.5) is 17.1 Å². The SMILES string of the molecule is O=C(O)c1ccc(CCc2ccccc2)cc1Nc1ccc(N2CCOCC2)cc1. The lowest BCUT2D eigenvalue weighted by Crippen LogP contribution is -2.36. The monoisotopic (exact) mass is 402 g/mol. The summed E-state index contributed by atoms with van der Waals surface area (Å²) in [6.45, 7) is 3.27. The standard InChI is InChI=1S/C25H26N2O3/c28-25(29)23-13-8-20(7-6-19-4-2-1-3-5-19)18-24(23)26-21-9-11-22(12-10-21)27-14-16-30-17-15-27/h1-5,8-13,18,26H,6-7,14-17H2,(H,28,29). The molecular weight excluding hydrogens is 376 g/mol. The molecule has 2 N–H and O–H groups in total. The van der Waals surface area contributed by atoms with Crippen LogP contribution in [0.25, 0.3) is 0 Å². The van der Waals surface area contributed by atoms with E-state index in [-0.39, 0.29) is 5.56 Å². The van der Waals surface area contributed by atoms with Gasteiger partial charge < -0.3 is 20.1 Å². The number of ether oxygens (including phenoxy) is 1. The number of carboxylic acids is 1. The maximum Gasteiger partial charge on any atom is 0.337 e. The first-order valence-corrected chi connectivity index (χ1v) is 10.3. The number of hydrogen-bond donors (Lipinski definition) is 2. The summed E-state index contributed by atoms with van der Waals surface area (Å²) < 4.78 is 5.41. The molecule has 0 atom stereocenters. The zero-order valence-electron chi connectivity index (χ0n) is 16.9. The number of carboxylic acid groups (broad SMARTS) is 1. The predicted molar refractivity (Wildman–Crippen MR) is 120 cm³/mol. The summed E-state index contributed by atoms with van der Waals surface area (Å²) in [7, 11) is 0. The molecule has 1 aliphatic heterocycles. The first kappa shape index (κ1) is 20.0. The van der Waals surface area contributed by atoms with Crippen molar-refractivity contribution < 1.29 is 14.6 Å². The van der Waals surface area contributed by atoms with Crippen molar-refractivity contribution in [2.45, 2.75) is 12.8 Å². The Morgan fingerprint density at radius 3 is 2.30 bits per heavy atom. The van der Waals surface area contributed by atoms with Gasteiger partial charge in [0, 0.05) is 24.5 Å². The van der Waals surface area contributed by atoms with Crippen LogP contribution in [0.5, 0.6) is 0 Å². The Bertz CT molecular complexity index is 981. The minimum Gasteiger partial charge on any atom is -0.478 e. The van der Waals surface area contributed by atoms with Crippen molar-refractivity contribution >= 4 is 23.0 Å². The second-order valence-electron chi connectivity index (χ2n) is 7.44. The quantitative estimate of drug-likeness (QED) is 0.597. The second kappa shape index (κ2) is 9.46. The van der Waals surface area contributed by atoms with Gasteiger partial charge in [-0.05, 0) is 60.4 Å². The lowest BCUT2D eigenvalue weighted by atomic mass is 10.0. The van der Waals surface area contributed by atoms with Gasteiger partial charge in [0.1, 0.15) is 0 Å². The van der Waals surface area contributed by atoms with Gasteiger partial charge in [0.15, 0.2) is 0 Å². The Morgan fingerprint density at radius 1 is 0.900 bits per heavy atom. The first-order valence-electron chi connectivity index (χ1n) is 10.3. The lowest BCUT2D eigenvalue weighted by molar-refractivity contribution is 0.0698. The molecule has 0 aliphatic carbocycles. The van der Waals surface area contributed by atoms with E-state index in [4.69, 9.17) is 4.74 Å². The third-order valence-corrected chi connectivity index (χ3v) is 5.38. The smallest absolute Gasteiger partial charge is 0.337 e. The minimum absolute atomic E-state index is 0.274. The molecule has 0 aromatic heterocycles. The van der Waals surface area contributed by atoms with Crippen LogP contribution in [-0.2, 0) is 17.6 Å². The Morgan fingerprint density at radius 2 is 1.60 bits per heavy atom. The highest BCUT2D eigenvalue weighted by Crippen LogP contribution is 2.26. The van der Waals surface area contributed by atoms with Gasteiger partial charge in [0.25, 0.3) is 0 Å². The van der Waals surface area contributed by atoms with E-state index in [9.17, 15) is 9.90 Å². The van der Waals surface area contributed by atoms with E-state index in [2.05, 4.69) is 34.5 Å². The predicted octanol–water partition coefficient (Wildman–Crippen LogP) is 4.75. The van der Waals surface area contributed by atoms with E-state index in [1.807, 2.05) is 42.5 Å². The van der Waals surface area contributed by atoms with Crippen molar-refractivity contribution in [3.63, 3.8) is 0 Å². The lowest BCUT2D eigenvalue weighted by Gasteiger charge is -2.29. The largest absolute Gasteiger partial charge is 0.478 e. The summed E-state index contributed by atoms with van der Waals surface area (Å²) in [4.78, 5) is 14.0. The minimum atomic E-state index is -0.933. The molecule has 1 saturated heterocycles. The molecule has 5 nitrogen and oxygen atoms in total. The fourth-order valence-corrected chi connectivity index (χ4v) is 3.70. The molecule has 1 aliphatic rings. The summed E-state index contributed by atoms with van der Waals surface area (Å²) in [6.07, 6.45) is 1.77. The fourth-order valence-electron chi connectivity index (χ4n) is 3.70. The van der Waals surface area contributed by atoms with Gasteiger partial charge in [-0.15, -0.1) is 0 Å². The van der Waals surface area contributed by atoms with Crippen molar-refractivity contribution in [2.75, 3.05) is 36.5 Å². The Balaban J connectivity index is 1.49. The zero-order valence-corrected chi connectivity index (χ0v) is 16.9. The molecule has 1 fully saturated rings. The number of aryl methyl sites for hydroxylation is 2. The third kappa shape index (κ3) is 4.99. The fraction of sp³-hybridized carbons (Fsp3) is 0.240. The maximum absolute atomic E-state index is 11.7.